The molecule has 21 heavy (non-hydrogen) atoms. The second kappa shape index (κ2) is 4.89. The summed E-state index contributed by atoms with van der Waals surface area (Å²) in [5.74, 6) is 0.236. The maximum Gasteiger partial charge on any atom is 0.141 e. The van der Waals surface area contributed by atoms with Crippen LogP contribution in [-0.2, 0) is 0 Å². The molecule has 0 radical (unpaired) electrons. The molecule has 4 rings (SSSR count). The fourth-order valence-corrected chi connectivity index (χ4v) is 2.93. The monoisotopic (exact) mass is 283 g/mol. The summed E-state index contributed by atoms with van der Waals surface area (Å²) < 4.78 is 3.73. The van der Waals surface area contributed by atoms with Crippen molar-refractivity contribution in [3.63, 3.8) is 0 Å². The van der Waals surface area contributed by atoms with Crippen LogP contribution in [0.4, 0.5) is 0 Å². The van der Waals surface area contributed by atoms with Gasteiger partial charge in [-0.3, -0.25) is 4.68 Å². The SMILES string of the molecule is Oc1cc(-c2cnn(C3CCNCC3)c2)cn2nccc12. The van der Waals surface area contributed by atoms with Gasteiger partial charge in [-0.1, -0.05) is 0 Å². The van der Waals surface area contributed by atoms with Crippen molar-refractivity contribution in [3.8, 4) is 16.9 Å². The molecule has 3 aromatic rings. The number of rotatable bonds is 2. The highest BCUT2D eigenvalue weighted by Gasteiger charge is 2.16. The lowest BCUT2D eigenvalue weighted by molar-refractivity contribution is 0.343. The minimum Gasteiger partial charge on any atom is -0.506 e. The Hall–Kier alpha value is -2.34. The van der Waals surface area contributed by atoms with E-state index in [1.54, 1.807) is 22.8 Å². The van der Waals surface area contributed by atoms with Crippen molar-refractivity contribution in [2.75, 3.05) is 13.1 Å². The van der Waals surface area contributed by atoms with Crippen molar-refractivity contribution in [2.24, 2.45) is 0 Å². The van der Waals surface area contributed by atoms with E-state index in [2.05, 4.69) is 21.7 Å². The number of hydrogen-bond donors (Lipinski definition) is 2. The van der Waals surface area contributed by atoms with Crippen molar-refractivity contribution in [1.29, 1.82) is 0 Å². The zero-order valence-electron chi connectivity index (χ0n) is 11.6. The number of nitrogens with zero attached hydrogens (tertiary/aromatic N) is 4. The topological polar surface area (TPSA) is 67.4 Å². The lowest BCUT2D eigenvalue weighted by atomic mass is 10.1. The van der Waals surface area contributed by atoms with Crippen LogP contribution < -0.4 is 5.32 Å². The third kappa shape index (κ3) is 2.17. The number of pyridine rings is 1. The lowest BCUT2D eigenvalue weighted by Gasteiger charge is -2.22. The van der Waals surface area contributed by atoms with Gasteiger partial charge in [-0.25, -0.2) is 4.52 Å². The van der Waals surface area contributed by atoms with Crippen molar-refractivity contribution >= 4 is 5.52 Å². The average molecular weight is 283 g/mol. The molecule has 0 spiro atoms. The van der Waals surface area contributed by atoms with Gasteiger partial charge in [-0.15, -0.1) is 0 Å². The van der Waals surface area contributed by atoms with Gasteiger partial charge in [0.15, 0.2) is 0 Å². The fraction of sp³-hybridized carbons (Fsp3) is 0.333. The second-order valence-corrected chi connectivity index (χ2v) is 5.47. The minimum atomic E-state index is 0.236. The first-order valence-corrected chi connectivity index (χ1v) is 7.23. The molecular formula is C15H17N5O. The predicted molar refractivity (Wildman–Crippen MR) is 79.2 cm³/mol. The summed E-state index contributed by atoms with van der Waals surface area (Å²) in [5, 5.41) is 22.1. The molecule has 0 unspecified atom stereocenters. The van der Waals surface area contributed by atoms with E-state index in [1.807, 2.05) is 17.1 Å². The van der Waals surface area contributed by atoms with Gasteiger partial charge in [0.05, 0.1) is 18.4 Å². The van der Waals surface area contributed by atoms with Crippen LogP contribution >= 0.6 is 0 Å². The molecule has 2 N–H and O–H groups in total. The number of piperidine rings is 1. The molecule has 1 aliphatic heterocycles. The van der Waals surface area contributed by atoms with Crippen molar-refractivity contribution < 1.29 is 5.11 Å². The zero-order valence-corrected chi connectivity index (χ0v) is 11.6. The second-order valence-electron chi connectivity index (χ2n) is 5.47. The molecular weight excluding hydrogens is 266 g/mol. The van der Waals surface area contributed by atoms with E-state index in [0.29, 0.717) is 11.6 Å². The van der Waals surface area contributed by atoms with Crippen LogP contribution in [0.5, 0.6) is 5.75 Å². The van der Waals surface area contributed by atoms with Gasteiger partial charge in [0.2, 0.25) is 0 Å². The molecule has 108 valence electrons. The number of hydrogen-bond acceptors (Lipinski definition) is 4. The van der Waals surface area contributed by atoms with E-state index in [1.165, 1.54) is 0 Å². The Kier molecular flexibility index (Phi) is 2.89. The number of aromatic nitrogens is 4. The van der Waals surface area contributed by atoms with Crippen LogP contribution in [0, 0.1) is 0 Å². The van der Waals surface area contributed by atoms with E-state index >= 15 is 0 Å². The Morgan fingerprint density at radius 3 is 2.86 bits per heavy atom. The first kappa shape index (κ1) is 12.4. The maximum atomic E-state index is 10.1. The van der Waals surface area contributed by atoms with Crippen LogP contribution in [-0.4, -0.2) is 37.6 Å². The lowest BCUT2D eigenvalue weighted by Crippen LogP contribution is -2.29. The van der Waals surface area contributed by atoms with E-state index in [0.717, 1.165) is 37.1 Å². The molecule has 6 nitrogen and oxygen atoms in total. The molecule has 0 aromatic carbocycles. The van der Waals surface area contributed by atoms with E-state index in [-0.39, 0.29) is 5.75 Å². The molecule has 6 heteroatoms. The van der Waals surface area contributed by atoms with Gasteiger partial charge in [0, 0.05) is 23.5 Å². The third-order valence-corrected chi connectivity index (χ3v) is 4.10. The fourth-order valence-electron chi connectivity index (χ4n) is 2.93. The molecule has 0 aliphatic carbocycles. The van der Waals surface area contributed by atoms with Crippen LogP contribution in [0.2, 0.25) is 0 Å². The van der Waals surface area contributed by atoms with Crippen LogP contribution in [0.1, 0.15) is 18.9 Å². The van der Waals surface area contributed by atoms with Crippen LogP contribution in [0.25, 0.3) is 16.6 Å². The van der Waals surface area contributed by atoms with E-state index in [9.17, 15) is 5.11 Å². The highest BCUT2D eigenvalue weighted by atomic mass is 16.3. The molecule has 0 bridgehead atoms. The Bertz CT molecular complexity index is 769. The smallest absolute Gasteiger partial charge is 0.141 e. The quantitative estimate of drug-likeness (QED) is 0.753. The van der Waals surface area contributed by atoms with Crippen LogP contribution in [0.3, 0.4) is 0 Å². The normalized spacial score (nSPS) is 16.6. The molecule has 4 heterocycles. The minimum absolute atomic E-state index is 0.236. The Morgan fingerprint density at radius 1 is 1.14 bits per heavy atom. The molecule has 1 aliphatic rings. The summed E-state index contributed by atoms with van der Waals surface area (Å²) in [6, 6.07) is 4.01. The molecule has 1 fully saturated rings. The maximum absolute atomic E-state index is 10.1. The van der Waals surface area contributed by atoms with Crippen molar-refractivity contribution in [2.45, 2.75) is 18.9 Å². The largest absolute Gasteiger partial charge is 0.506 e. The molecule has 3 aromatic heterocycles. The standard InChI is InChI=1S/C15H17N5O/c21-15-7-11(9-20-14(15)3-6-17-20)12-8-18-19(10-12)13-1-4-16-5-2-13/h3,6-10,13,16,21H,1-2,4-5H2. The Balaban J connectivity index is 1.70. The summed E-state index contributed by atoms with van der Waals surface area (Å²) in [4.78, 5) is 0. The Labute approximate surface area is 122 Å². The third-order valence-electron chi connectivity index (χ3n) is 4.10. The van der Waals surface area contributed by atoms with Gasteiger partial charge in [-0.05, 0) is 38.1 Å². The van der Waals surface area contributed by atoms with Gasteiger partial charge in [-0.2, -0.15) is 10.2 Å². The molecule has 0 amide bonds. The van der Waals surface area contributed by atoms with Crippen LogP contribution in [0.15, 0.2) is 36.9 Å². The number of nitrogens with one attached hydrogen (secondary N) is 1. The number of aromatic hydroxyl groups is 1. The molecule has 1 saturated heterocycles. The summed E-state index contributed by atoms with van der Waals surface area (Å²) in [5.41, 5.74) is 2.63. The average Bonchev–Trinajstić information content (AvgIpc) is 3.17. The van der Waals surface area contributed by atoms with Gasteiger partial charge in [0.25, 0.3) is 0 Å². The van der Waals surface area contributed by atoms with E-state index in [4.69, 9.17) is 0 Å². The molecule has 0 saturated carbocycles. The zero-order chi connectivity index (χ0) is 14.2. The van der Waals surface area contributed by atoms with Gasteiger partial charge in [0.1, 0.15) is 11.3 Å². The van der Waals surface area contributed by atoms with E-state index < -0.39 is 0 Å². The van der Waals surface area contributed by atoms with Crippen molar-refractivity contribution in [1.82, 2.24) is 24.7 Å². The first-order chi connectivity index (χ1) is 10.3. The van der Waals surface area contributed by atoms with Crippen molar-refractivity contribution in [3.05, 3.63) is 36.9 Å². The predicted octanol–water partition coefficient (Wildman–Crippen LogP) is 1.83. The summed E-state index contributed by atoms with van der Waals surface area (Å²) in [6.07, 6.45) is 9.71. The Morgan fingerprint density at radius 2 is 2.00 bits per heavy atom. The number of fused-ring (bicyclic) bond motifs is 1. The highest BCUT2D eigenvalue weighted by Crippen LogP contribution is 2.28. The summed E-state index contributed by atoms with van der Waals surface area (Å²) in [6.45, 7) is 2.08. The first-order valence-electron chi connectivity index (χ1n) is 7.23. The van der Waals surface area contributed by atoms with Gasteiger partial charge >= 0.3 is 0 Å². The highest BCUT2D eigenvalue weighted by molar-refractivity contribution is 5.69. The summed E-state index contributed by atoms with van der Waals surface area (Å²) >= 11 is 0. The molecule has 0 atom stereocenters. The summed E-state index contributed by atoms with van der Waals surface area (Å²) in [7, 11) is 0. The van der Waals surface area contributed by atoms with Gasteiger partial charge < -0.3 is 10.4 Å².